The van der Waals surface area contributed by atoms with Gasteiger partial charge in [0.05, 0.1) is 6.04 Å². The zero-order valence-corrected chi connectivity index (χ0v) is 19.6. The van der Waals surface area contributed by atoms with Crippen LogP contribution in [0.25, 0.3) is 21.9 Å². The van der Waals surface area contributed by atoms with Gasteiger partial charge in [-0.2, -0.15) is 0 Å². The van der Waals surface area contributed by atoms with Gasteiger partial charge in [-0.1, -0.05) is 84.9 Å². The van der Waals surface area contributed by atoms with Crippen molar-refractivity contribution in [3.63, 3.8) is 0 Å². The van der Waals surface area contributed by atoms with E-state index >= 15 is 0 Å². The fraction of sp³-hybridized carbons (Fsp3) is 0.207. The minimum atomic E-state index is -0.232. The van der Waals surface area contributed by atoms with E-state index in [1.807, 2.05) is 4.90 Å². The summed E-state index contributed by atoms with van der Waals surface area (Å²) in [6.45, 7) is 2.37. The lowest BCUT2D eigenvalue weighted by Gasteiger charge is -2.33. The van der Waals surface area contributed by atoms with Gasteiger partial charge < -0.3 is 15.0 Å². The Morgan fingerprint density at radius 2 is 1.50 bits per heavy atom. The molecular formula is C29H27ClN2O2. The topological polar surface area (TPSA) is 41.6 Å². The molecule has 172 valence electrons. The molecule has 1 fully saturated rings. The monoisotopic (exact) mass is 470 g/mol. The van der Waals surface area contributed by atoms with E-state index < -0.39 is 0 Å². The number of hydrogen-bond acceptors (Lipinski definition) is 3. The Labute approximate surface area is 206 Å². The summed E-state index contributed by atoms with van der Waals surface area (Å²) in [5.41, 5.74) is 6.16. The maximum Gasteiger partial charge on any atom is 0.409 e. The quantitative estimate of drug-likeness (QED) is 0.390. The zero-order chi connectivity index (χ0) is 22.2. The Morgan fingerprint density at radius 3 is 2.24 bits per heavy atom. The average Bonchev–Trinajstić information content (AvgIpc) is 3.21. The molecule has 6 rings (SSSR count). The standard InChI is InChI=1S/C29H26N2O2.ClH/c32-29(33-19-27-25-11-5-3-9-23(25)24-10-4-6-12-26(24)27)31-16-15-30-28(18-31)22-14-13-20-7-1-2-8-21(20)17-22;/h1-14,17,27-28,30H,15-16,18-19H2;1H. The number of carbonyl (C=O) groups excluding carboxylic acids is 1. The summed E-state index contributed by atoms with van der Waals surface area (Å²) in [6, 6.07) is 31.8. The lowest BCUT2D eigenvalue weighted by atomic mass is 9.98. The first-order valence-electron chi connectivity index (χ1n) is 11.6. The van der Waals surface area contributed by atoms with Crippen LogP contribution in [-0.2, 0) is 4.74 Å². The van der Waals surface area contributed by atoms with Gasteiger partial charge in [0.1, 0.15) is 6.61 Å². The van der Waals surface area contributed by atoms with Crippen molar-refractivity contribution < 1.29 is 9.53 Å². The Balaban J connectivity index is 0.00000241. The molecular weight excluding hydrogens is 444 g/mol. The molecule has 1 unspecified atom stereocenters. The van der Waals surface area contributed by atoms with Crippen molar-refractivity contribution in [2.24, 2.45) is 0 Å². The molecule has 1 aliphatic carbocycles. The smallest absolute Gasteiger partial charge is 0.409 e. The normalized spacial score (nSPS) is 17.1. The van der Waals surface area contributed by atoms with Gasteiger partial charge in [-0.05, 0) is 44.7 Å². The molecule has 0 bridgehead atoms. The van der Waals surface area contributed by atoms with Gasteiger partial charge in [0, 0.05) is 25.6 Å². The molecule has 0 aromatic heterocycles. The van der Waals surface area contributed by atoms with E-state index in [0.29, 0.717) is 19.7 Å². The number of carbonyl (C=O) groups is 1. The molecule has 1 heterocycles. The van der Waals surface area contributed by atoms with Crippen LogP contribution >= 0.6 is 12.4 Å². The Bertz CT molecular complexity index is 1290. The highest BCUT2D eigenvalue weighted by molar-refractivity contribution is 5.85. The number of piperazine rings is 1. The summed E-state index contributed by atoms with van der Waals surface area (Å²) in [7, 11) is 0. The highest BCUT2D eigenvalue weighted by Gasteiger charge is 2.31. The summed E-state index contributed by atoms with van der Waals surface area (Å²) >= 11 is 0. The number of hydrogen-bond donors (Lipinski definition) is 1. The first-order chi connectivity index (χ1) is 16.3. The fourth-order valence-electron chi connectivity index (χ4n) is 5.25. The Hall–Kier alpha value is -3.34. The number of ether oxygens (including phenoxy) is 1. The van der Waals surface area contributed by atoms with Crippen molar-refractivity contribution in [1.29, 1.82) is 0 Å². The largest absolute Gasteiger partial charge is 0.448 e. The predicted molar refractivity (Wildman–Crippen MR) is 139 cm³/mol. The second kappa shape index (κ2) is 9.49. The first-order valence-corrected chi connectivity index (χ1v) is 11.6. The van der Waals surface area contributed by atoms with Crippen LogP contribution in [0, 0.1) is 0 Å². The van der Waals surface area contributed by atoms with Gasteiger partial charge in [-0.3, -0.25) is 0 Å². The third kappa shape index (κ3) is 4.04. The van der Waals surface area contributed by atoms with Crippen LogP contribution in [0.4, 0.5) is 4.79 Å². The third-order valence-electron chi connectivity index (χ3n) is 6.95. The fourth-order valence-corrected chi connectivity index (χ4v) is 5.25. The summed E-state index contributed by atoms with van der Waals surface area (Å²) in [5.74, 6) is 0.0838. The molecule has 0 radical (unpaired) electrons. The molecule has 1 saturated heterocycles. The lowest BCUT2D eigenvalue weighted by Crippen LogP contribution is -2.48. The SMILES string of the molecule is Cl.O=C(OCC1c2ccccc2-c2ccccc21)N1CCNC(c2ccc3ccccc3c2)C1. The molecule has 0 spiro atoms. The van der Waals surface area contributed by atoms with Crippen molar-refractivity contribution >= 4 is 29.3 Å². The van der Waals surface area contributed by atoms with Gasteiger partial charge in [0.2, 0.25) is 0 Å². The summed E-state index contributed by atoms with van der Waals surface area (Å²) in [5, 5.41) is 6.00. The molecule has 5 heteroatoms. The second-order valence-corrected chi connectivity index (χ2v) is 8.86. The Kier molecular flexibility index (Phi) is 6.27. The van der Waals surface area contributed by atoms with Gasteiger partial charge in [0.15, 0.2) is 0 Å². The van der Waals surface area contributed by atoms with E-state index in [-0.39, 0.29) is 30.5 Å². The molecule has 0 saturated carbocycles. The first kappa shape index (κ1) is 22.5. The van der Waals surface area contributed by atoms with Crippen LogP contribution in [0.3, 0.4) is 0 Å². The molecule has 1 atom stereocenters. The minimum absolute atomic E-state index is 0. The van der Waals surface area contributed by atoms with Crippen molar-refractivity contribution in [2.45, 2.75) is 12.0 Å². The zero-order valence-electron chi connectivity index (χ0n) is 18.8. The van der Waals surface area contributed by atoms with E-state index in [1.54, 1.807) is 0 Å². The maximum atomic E-state index is 13.0. The van der Waals surface area contributed by atoms with Gasteiger partial charge in [-0.25, -0.2) is 4.79 Å². The van der Waals surface area contributed by atoms with Gasteiger partial charge in [0.25, 0.3) is 0 Å². The van der Waals surface area contributed by atoms with Crippen LogP contribution in [0.5, 0.6) is 0 Å². The maximum absolute atomic E-state index is 13.0. The predicted octanol–water partition coefficient (Wildman–Crippen LogP) is 6.16. The summed E-state index contributed by atoms with van der Waals surface area (Å²) in [6.07, 6.45) is -0.232. The number of benzene rings is 4. The second-order valence-electron chi connectivity index (χ2n) is 8.86. The molecule has 1 amide bonds. The van der Waals surface area contributed by atoms with Crippen LogP contribution in [-0.4, -0.2) is 37.2 Å². The van der Waals surface area contributed by atoms with Crippen LogP contribution in [0.15, 0.2) is 91.0 Å². The number of fused-ring (bicyclic) bond motifs is 4. The minimum Gasteiger partial charge on any atom is -0.448 e. The van der Waals surface area contributed by atoms with E-state index in [9.17, 15) is 4.79 Å². The Morgan fingerprint density at radius 1 is 0.853 bits per heavy atom. The van der Waals surface area contributed by atoms with Crippen LogP contribution in [0.2, 0.25) is 0 Å². The van der Waals surface area contributed by atoms with E-state index in [2.05, 4.69) is 96.3 Å². The number of nitrogens with one attached hydrogen (secondary N) is 1. The summed E-state index contributed by atoms with van der Waals surface area (Å²) < 4.78 is 5.89. The number of halogens is 1. The van der Waals surface area contributed by atoms with E-state index in [4.69, 9.17) is 4.74 Å². The van der Waals surface area contributed by atoms with E-state index in [0.717, 1.165) is 6.54 Å². The number of nitrogens with zero attached hydrogens (tertiary/aromatic N) is 1. The molecule has 1 aliphatic heterocycles. The number of amides is 1. The van der Waals surface area contributed by atoms with Crippen LogP contribution in [0.1, 0.15) is 28.7 Å². The van der Waals surface area contributed by atoms with Crippen molar-refractivity contribution in [2.75, 3.05) is 26.2 Å². The van der Waals surface area contributed by atoms with Gasteiger partial charge in [-0.15, -0.1) is 12.4 Å². The molecule has 2 aliphatic rings. The van der Waals surface area contributed by atoms with Crippen molar-refractivity contribution in [1.82, 2.24) is 10.2 Å². The average molecular weight is 471 g/mol. The molecule has 4 aromatic rings. The molecule has 4 aromatic carbocycles. The highest BCUT2D eigenvalue weighted by Crippen LogP contribution is 2.44. The lowest BCUT2D eigenvalue weighted by molar-refractivity contribution is 0.0883. The van der Waals surface area contributed by atoms with Crippen LogP contribution < -0.4 is 5.32 Å². The number of rotatable bonds is 3. The van der Waals surface area contributed by atoms with Gasteiger partial charge >= 0.3 is 6.09 Å². The molecule has 1 N–H and O–H groups in total. The third-order valence-corrected chi connectivity index (χ3v) is 6.95. The van der Waals surface area contributed by atoms with E-state index in [1.165, 1.54) is 38.6 Å². The van der Waals surface area contributed by atoms with Crippen molar-refractivity contribution in [3.8, 4) is 11.1 Å². The highest BCUT2D eigenvalue weighted by atomic mass is 35.5. The van der Waals surface area contributed by atoms with Crippen molar-refractivity contribution in [3.05, 3.63) is 108 Å². The summed E-state index contributed by atoms with van der Waals surface area (Å²) in [4.78, 5) is 14.9. The molecule has 4 nitrogen and oxygen atoms in total. The molecule has 34 heavy (non-hydrogen) atoms.